The molecule has 1 N–H and O–H groups in total. The average molecular weight is 268 g/mol. The SMILES string of the molecule is CCC1CCCN(CCCCCNCC(C)C)CC1. The van der Waals surface area contributed by atoms with Crippen molar-refractivity contribution in [2.45, 2.75) is 65.7 Å². The predicted octanol–water partition coefficient (Wildman–Crippen LogP) is 3.91. The number of rotatable bonds is 9. The minimum atomic E-state index is 0.781. The summed E-state index contributed by atoms with van der Waals surface area (Å²) in [6.07, 6.45) is 9.83. The molecule has 1 atom stereocenters. The Morgan fingerprint density at radius 3 is 2.68 bits per heavy atom. The Hall–Kier alpha value is -0.0800. The second-order valence-electron chi connectivity index (χ2n) is 6.71. The predicted molar refractivity (Wildman–Crippen MR) is 85.6 cm³/mol. The number of nitrogens with one attached hydrogen (secondary N) is 1. The van der Waals surface area contributed by atoms with Gasteiger partial charge in [-0.05, 0) is 76.7 Å². The lowest BCUT2D eigenvalue weighted by Gasteiger charge is -2.19. The third-order valence-electron chi connectivity index (χ3n) is 4.40. The lowest BCUT2D eigenvalue weighted by Crippen LogP contribution is -2.26. The van der Waals surface area contributed by atoms with Crippen molar-refractivity contribution in [3.63, 3.8) is 0 Å². The second-order valence-corrected chi connectivity index (χ2v) is 6.71. The van der Waals surface area contributed by atoms with E-state index in [9.17, 15) is 0 Å². The number of nitrogens with zero attached hydrogens (tertiary/aromatic N) is 1. The highest BCUT2D eigenvalue weighted by Gasteiger charge is 2.14. The lowest BCUT2D eigenvalue weighted by atomic mass is 9.98. The van der Waals surface area contributed by atoms with Gasteiger partial charge in [-0.3, -0.25) is 0 Å². The van der Waals surface area contributed by atoms with Crippen molar-refractivity contribution < 1.29 is 0 Å². The van der Waals surface area contributed by atoms with E-state index in [4.69, 9.17) is 0 Å². The van der Waals surface area contributed by atoms with Crippen LogP contribution in [-0.2, 0) is 0 Å². The van der Waals surface area contributed by atoms with E-state index in [2.05, 4.69) is 31.0 Å². The van der Waals surface area contributed by atoms with Gasteiger partial charge in [0.2, 0.25) is 0 Å². The summed E-state index contributed by atoms with van der Waals surface area (Å²) in [4.78, 5) is 2.71. The van der Waals surface area contributed by atoms with Crippen LogP contribution >= 0.6 is 0 Å². The first-order valence-electron chi connectivity index (χ1n) is 8.65. The molecule has 0 radical (unpaired) electrons. The second kappa shape index (κ2) is 10.7. The Balaban J connectivity index is 1.94. The fourth-order valence-electron chi connectivity index (χ4n) is 3.01. The molecule has 0 bridgehead atoms. The summed E-state index contributed by atoms with van der Waals surface area (Å²) >= 11 is 0. The van der Waals surface area contributed by atoms with E-state index in [1.54, 1.807) is 0 Å². The van der Waals surface area contributed by atoms with Gasteiger partial charge >= 0.3 is 0 Å². The summed E-state index contributed by atoms with van der Waals surface area (Å²) in [6, 6.07) is 0. The molecule has 1 rings (SSSR count). The van der Waals surface area contributed by atoms with Gasteiger partial charge in [-0.15, -0.1) is 0 Å². The minimum Gasteiger partial charge on any atom is -0.316 e. The molecule has 0 spiro atoms. The van der Waals surface area contributed by atoms with Crippen LogP contribution in [0.15, 0.2) is 0 Å². The normalized spacial score (nSPS) is 21.8. The molecular formula is C17H36N2. The van der Waals surface area contributed by atoms with Crippen molar-refractivity contribution in [2.24, 2.45) is 11.8 Å². The third-order valence-corrected chi connectivity index (χ3v) is 4.40. The fraction of sp³-hybridized carbons (Fsp3) is 1.00. The van der Waals surface area contributed by atoms with Crippen LogP contribution in [0, 0.1) is 11.8 Å². The Morgan fingerprint density at radius 1 is 1.11 bits per heavy atom. The average Bonchev–Trinajstić information content (AvgIpc) is 2.62. The molecule has 2 heteroatoms. The zero-order chi connectivity index (χ0) is 13.9. The summed E-state index contributed by atoms with van der Waals surface area (Å²) < 4.78 is 0. The molecular weight excluding hydrogens is 232 g/mol. The van der Waals surface area contributed by atoms with Gasteiger partial charge in [0, 0.05) is 0 Å². The monoisotopic (exact) mass is 268 g/mol. The van der Waals surface area contributed by atoms with Crippen LogP contribution in [0.4, 0.5) is 0 Å². The first kappa shape index (κ1) is 17.0. The summed E-state index contributed by atoms with van der Waals surface area (Å²) in [5.41, 5.74) is 0. The van der Waals surface area contributed by atoms with Gasteiger partial charge < -0.3 is 10.2 Å². The van der Waals surface area contributed by atoms with Gasteiger partial charge in [-0.1, -0.05) is 33.6 Å². The minimum absolute atomic E-state index is 0.781. The molecule has 1 saturated heterocycles. The number of hydrogen-bond donors (Lipinski definition) is 1. The molecule has 1 fully saturated rings. The maximum atomic E-state index is 3.53. The number of unbranched alkanes of at least 4 members (excludes halogenated alkanes) is 2. The quantitative estimate of drug-likeness (QED) is 0.638. The molecule has 1 unspecified atom stereocenters. The van der Waals surface area contributed by atoms with E-state index >= 15 is 0 Å². The van der Waals surface area contributed by atoms with Crippen LogP contribution in [0.25, 0.3) is 0 Å². The largest absolute Gasteiger partial charge is 0.316 e. The maximum absolute atomic E-state index is 3.53. The van der Waals surface area contributed by atoms with E-state index in [1.165, 1.54) is 77.7 Å². The van der Waals surface area contributed by atoms with Crippen molar-refractivity contribution in [2.75, 3.05) is 32.7 Å². The lowest BCUT2D eigenvalue weighted by molar-refractivity contribution is 0.273. The molecule has 0 saturated carbocycles. The van der Waals surface area contributed by atoms with Crippen LogP contribution in [0.1, 0.15) is 65.7 Å². The van der Waals surface area contributed by atoms with E-state index in [0.29, 0.717) is 0 Å². The molecule has 0 aromatic heterocycles. The highest BCUT2D eigenvalue weighted by molar-refractivity contribution is 4.69. The zero-order valence-electron chi connectivity index (χ0n) is 13.6. The first-order valence-corrected chi connectivity index (χ1v) is 8.65. The first-order chi connectivity index (χ1) is 9.22. The molecule has 1 aliphatic heterocycles. The topological polar surface area (TPSA) is 15.3 Å². The highest BCUT2D eigenvalue weighted by Crippen LogP contribution is 2.20. The van der Waals surface area contributed by atoms with Gasteiger partial charge in [0.25, 0.3) is 0 Å². The molecule has 19 heavy (non-hydrogen) atoms. The molecule has 0 aromatic carbocycles. The van der Waals surface area contributed by atoms with Crippen molar-refractivity contribution in [3.05, 3.63) is 0 Å². The van der Waals surface area contributed by atoms with Crippen LogP contribution < -0.4 is 5.32 Å². The molecule has 1 aliphatic rings. The van der Waals surface area contributed by atoms with Gasteiger partial charge in [-0.2, -0.15) is 0 Å². The number of hydrogen-bond acceptors (Lipinski definition) is 2. The molecule has 1 heterocycles. The summed E-state index contributed by atoms with van der Waals surface area (Å²) in [5.74, 6) is 1.79. The van der Waals surface area contributed by atoms with Crippen molar-refractivity contribution >= 4 is 0 Å². The van der Waals surface area contributed by atoms with Gasteiger partial charge in [0.1, 0.15) is 0 Å². The smallest absolute Gasteiger partial charge is 0.00161 e. The molecule has 2 nitrogen and oxygen atoms in total. The van der Waals surface area contributed by atoms with Crippen LogP contribution in [-0.4, -0.2) is 37.6 Å². The van der Waals surface area contributed by atoms with Gasteiger partial charge in [-0.25, -0.2) is 0 Å². The van der Waals surface area contributed by atoms with E-state index in [1.807, 2.05) is 0 Å². The maximum Gasteiger partial charge on any atom is -0.00161 e. The highest BCUT2D eigenvalue weighted by atomic mass is 15.1. The summed E-state index contributed by atoms with van der Waals surface area (Å²) in [7, 11) is 0. The standard InChI is InChI=1S/C17H36N2/c1-4-17-9-8-13-19(14-10-17)12-7-5-6-11-18-15-16(2)3/h16-18H,4-15H2,1-3H3. The Labute approximate surface area is 121 Å². The number of likely N-dealkylation sites (tertiary alicyclic amines) is 1. The zero-order valence-corrected chi connectivity index (χ0v) is 13.6. The third kappa shape index (κ3) is 8.65. The van der Waals surface area contributed by atoms with Crippen LogP contribution in [0.3, 0.4) is 0 Å². The summed E-state index contributed by atoms with van der Waals surface area (Å²) in [6.45, 7) is 13.3. The van der Waals surface area contributed by atoms with Crippen LogP contribution in [0.2, 0.25) is 0 Å². The van der Waals surface area contributed by atoms with E-state index in [0.717, 1.165) is 11.8 Å². The Kier molecular flexibility index (Phi) is 9.54. The van der Waals surface area contributed by atoms with Gasteiger partial charge in [0.15, 0.2) is 0 Å². The van der Waals surface area contributed by atoms with Gasteiger partial charge in [0.05, 0.1) is 0 Å². The Bertz CT molecular complexity index is 203. The van der Waals surface area contributed by atoms with Crippen molar-refractivity contribution in [1.29, 1.82) is 0 Å². The molecule has 0 aromatic rings. The summed E-state index contributed by atoms with van der Waals surface area (Å²) in [5, 5.41) is 3.53. The Morgan fingerprint density at radius 2 is 1.95 bits per heavy atom. The van der Waals surface area contributed by atoms with E-state index in [-0.39, 0.29) is 0 Å². The fourth-order valence-corrected chi connectivity index (χ4v) is 3.01. The van der Waals surface area contributed by atoms with Crippen LogP contribution in [0.5, 0.6) is 0 Å². The molecule has 114 valence electrons. The molecule has 0 amide bonds. The van der Waals surface area contributed by atoms with Crippen molar-refractivity contribution in [3.8, 4) is 0 Å². The molecule has 0 aliphatic carbocycles. The van der Waals surface area contributed by atoms with E-state index < -0.39 is 0 Å². The van der Waals surface area contributed by atoms with Crippen molar-refractivity contribution in [1.82, 2.24) is 10.2 Å².